The first-order valence-corrected chi connectivity index (χ1v) is 8.68. The summed E-state index contributed by atoms with van der Waals surface area (Å²) in [7, 11) is 0. The normalized spacial score (nSPS) is 13.6. The number of hydrogen-bond donors (Lipinski definition) is 1. The van der Waals surface area contributed by atoms with Gasteiger partial charge in [-0.1, -0.05) is 26.0 Å². The summed E-state index contributed by atoms with van der Waals surface area (Å²) in [6.45, 7) is 6.40. The third kappa shape index (κ3) is 3.44. The van der Waals surface area contributed by atoms with Crippen LogP contribution in [0.1, 0.15) is 19.4 Å². The lowest BCUT2D eigenvalue weighted by Crippen LogP contribution is -2.24. The van der Waals surface area contributed by atoms with Crippen LogP contribution in [-0.2, 0) is 6.42 Å². The molecule has 25 heavy (non-hydrogen) atoms. The van der Waals surface area contributed by atoms with Gasteiger partial charge in [0, 0.05) is 18.2 Å². The van der Waals surface area contributed by atoms with Gasteiger partial charge in [-0.3, -0.25) is 0 Å². The highest BCUT2D eigenvalue weighted by atomic mass is 16.6. The second kappa shape index (κ2) is 6.72. The van der Waals surface area contributed by atoms with Crippen LogP contribution in [0.4, 0.5) is 0 Å². The van der Waals surface area contributed by atoms with Crippen LogP contribution in [0.25, 0.3) is 16.7 Å². The monoisotopic (exact) mass is 338 g/mol. The number of benzene rings is 2. The maximum atomic E-state index is 5.62. The molecule has 2 heterocycles. The van der Waals surface area contributed by atoms with Crippen molar-refractivity contribution in [3.05, 3.63) is 42.0 Å². The number of aromatic nitrogens is 3. The lowest BCUT2D eigenvalue weighted by molar-refractivity contribution is 0.172. The molecule has 4 rings (SSSR count). The summed E-state index contributed by atoms with van der Waals surface area (Å²) >= 11 is 0. The molecule has 0 fully saturated rings. The molecule has 130 valence electrons. The Morgan fingerprint density at radius 1 is 1.04 bits per heavy atom. The zero-order chi connectivity index (χ0) is 17.2. The van der Waals surface area contributed by atoms with E-state index in [9.17, 15) is 0 Å². The summed E-state index contributed by atoms with van der Waals surface area (Å²) in [5.74, 6) is 1.47. The number of hydrogen-bond acceptors (Lipinski definition) is 5. The summed E-state index contributed by atoms with van der Waals surface area (Å²) in [5, 5.41) is 12.6. The van der Waals surface area contributed by atoms with Crippen molar-refractivity contribution < 1.29 is 9.47 Å². The second-order valence-electron chi connectivity index (χ2n) is 6.50. The quantitative estimate of drug-likeness (QED) is 0.775. The molecule has 0 aliphatic carbocycles. The molecule has 1 N–H and O–H groups in total. The predicted molar refractivity (Wildman–Crippen MR) is 96.7 cm³/mol. The van der Waals surface area contributed by atoms with Gasteiger partial charge < -0.3 is 14.8 Å². The Labute approximate surface area is 146 Å². The first kappa shape index (κ1) is 15.9. The smallest absolute Gasteiger partial charge is 0.163 e. The van der Waals surface area contributed by atoms with E-state index in [2.05, 4.69) is 41.5 Å². The Balaban J connectivity index is 1.61. The first-order valence-electron chi connectivity index (χ1n) is 8.68. The summed E-state index contributed by atoms with van der Waals surface area (Å²) in [4.78, 5) is 1.68. The standard InChI is InChI=1S/C19H22N4O2/c1-13(2)20-7-6-14-4-3-5-15(10-14)23-21-16-11-18-19(12-17(16)22-23)25-9-8-24-18/h3-5,10-13,20H,6-9H2,1-2H3. The van der Waals surface area contributed by atoms with Gasteiger partial charge in [-0.2, -0.15) is 4.80 Å². The molecule has 1 aliphatic heterocycles. The third-order valence-corrected chi connectivity index (χ3v) is 4.15. The predicted octanol–water partition coefficient (Wildman–Crippen LogP) is 2.73. The van der Waals surface area contributed by atoms with E-state index in [0.29, 0.717) is 19.3 Å². The highest BCUT2D eigenvalue weighted by Crippen LogP contribution is 2.33. The van der Waals surface area contributed by atoms with Crippen LogP contribution in [0.2, 0.25) is 0 Å². The van der Waals surface area contributed by atoms with E-state index in [1.165, 1.54) is 5.56 Å². The van der Waals surface area contributed by atoms with E-state index in [1.807, 2.05) is 24.3 Å². The maximum absolute atomic E-state index is 5.62. The van der Waals surface area contributed by atoms with Crippen molar-refractivity contribution in [3.8, 4) is 17.2 Å². The number of nitrogens with one attached hydrogen (secondary N) is 1. The summed E-state index contributed by atoms with van der Waals surface area (Å²) in [6, 6.07) is 12.6. The molecule has 0 saturated carbocycles. The van der Waals surface area contributed by atoms with Crippen LogP contribution in [0.15, 0.2) is 36.4 Å². The van der Waals surface area contributed by atoms with Crippen molar-refractivity contribution in [2.75, 3.05) is 19.8 Å². The molecular weight excluding hydrogens is 316 g/mol. The molecule has 0 atom stereocenters. The van der Waals surface area contributed by atoms with Gasteiger partial charge in [0.1, 0.15) is 24.2 Å². The van der Waals surface area contributed by atoms with Crippen LogP contribution in [-0.4, -0.2) is 40.8 Å². The number of rotatable bonds is 5. The van der Waals surface area contributed by atoms with Crippen molar-refractivity contribution in [1.82, 2.24) is 20.3 Å². The summed E-state index contributed by atoms with van der Waals surface area (Å²) in [5.41, 5.74) is 3.82. The van der Waals surface area contributed by atoms with Gasteiger partial charge in [-0.15, -0.1) is 10.2 Å². The van der Waals surface area contributed by atoms with Gasteiger partial charge in [0.25, 0.3) is 0 Å². The Hall–Kier alpha value is -2.60. The minimum absolute atomic E-state index is 0.497. The van der Waals surface area contributed by atoms with Gasteiger partial charge in [-0.05, 0) is 30.7 Å². The van der Waals surface area contributed by atoms with Crippen molar-refractivity contribution >= 4 is 11.0 Å². The van der Waals surface area contributed by atoms with Gasteiger partial charge in [0.15, 0.2) is 11.5 Å². The van der Waals surface area contributed by atoms with Crippen LogP contribution in [0.5, 0.6) is 11.5 Å². The Morgan fingerprint density at radius 2 is 1.72 bits per heavy atom. The minimum atomic E-state index is 0.497. The largest absolute Gasteiger partial charge is 0.486 e. The Bertz CT molecular complexity index is 845. The molecule has 0 amide bonds. The first-order chi connectivity index (χ1) is 12.2. The van der Waals surface area contributed by atoms with Gasteiger partial charge in [-0.25, -0.2) is 0 Å². The SMILES string of the molecule is CC(C)NCCc1cccc(-n2nc3cc4c(cc3n2)OCCO4)c1. The van der Waals surface area contributed by atoms with Crippen LogP contribution < -0.4 is 14.8 Å². The van der Waals surface area contributed by atoms with Gasteiger partial charge in [0.2, 0.25) is 0 Å². The molecule has 0 radical (unpaired) electrons. The summed E-state index contributed by atoms with van der Waals surface area (Å²) < 4.78 is 11.2. The Kier molecular flexibility index (Phi) is 4.28. The molecule has 3 aromatic rings. The molecule has 0 saturated heterocycles. The molecule has 0 bridgehead atoms. The van der Waals surface area contributed by atoms with Crippen LogP contribution in [0.3, 0.4) is 0 Å². The van der Waals surface area contributed by atoms with Crippen molar-refractivity contribution in [2.45, 2.75) is 26.3 Å². The highest BCUT2D eigenvalue weighted by Gasteiger charge is 2.15. The lowest BCUT2D eigenvalue weighted by Gasteiger charge is -2.17. The van der Waals surface area contributed by atoms with E-state index in [1.54, 1.807) is 4.80 Å². The minimum Gasteiger partial charge on any atom is -0.486 e. The van der Waals surface area contributed by atoms with E-state index in [0.717, 1.165) is 41.2 Å². The van der Waals surface area contributed by atoms with Crippen LogP contribution >= 0.6 is 0 Å². The molecule has 6 heteroatoms. The highest BCUT2D eigenvalue weighted by molar-refractivity contribution is 5.79. The molecule has 0 spiro atoms. The van der Waals surface area contributed by atoms with E-state index in [-0.39, 0.29) is 0 Å². The zero-order valence-corrected chi connectivity index (χ0v) is 14.5. The molecule has 2 aromatic carbocycles. The fourth-order valence-electron chi connectivity index (χ4n) is 2.91. The molecule has 0 unspecified atom stereocenters. The Morgan fingerprint density at radius 3 is 2.36 bits per heavy atom. The van der Waals surface area contributed by atoms with Gasteiger partial charge >= 0.3 is 0 Å². The van der Waals surface area contributed by atoms with Crippen molar-refractivity contribution in [2.24, 2.45) is 0 Å². The summed E-state index contributed by atoms with van der Waals surface area (Å²) in [6.07, 6.45) is 0.975. The van der Waals surface area contributed by atoms with Crippen molar-refractivity contribution in [3.63, 3.8) is 0 Å². The average Bonchev–Trinajstić information content (AvgIpc) is 3.02. The van der Waals surface area contributed by atoms with Gasteiger partial charge in [0.05, 0.1) is 5.69 Å². The van der Waals surface area contributed by atoms with Crippen molar-refractivity contribution in [1.29, 1.82) is 0 Å². The van der Waals surface area contributed by atoms with E-state index in [4.69, 9.17) is 9.47 Å². The number of nitrogens with zero attached hydrogens (tertiary/aromatic N) is 3. The van der Waals surface area contributed by atoms with E-state index >= 15 is 0 Å². The fourth-order valence-corrected chi connectivity index (χ4v) is 2.91. The topological polar surface area (TPSA) is 61.2 Å². The van der Waals surface area contributed by atoms with E-state index < -0.39 is 0 Å². The maximum Gasteiger partial charge on any atom is 0.163 e. The number of ether oxygens (including phenoxy) is 2. The fraction of sp³-hybridized carbons (Fsp3) is 0.368. The molecule has 1 aromatic heterocycles. The zero-order valence-electron chi connectivity index (χ0n) is 14.5. The number of fused-ring (bicyclic) bond motifs is 2. The second-order valence-corrected chi connectivity index (χ2v) is 6.50. The average molecular weight is 338 g/mol. The molecule has 1 aliphatic rings. The molecule has 6 nitrogen and oxygen atoms in total. The lowest BCUT2D eigenvalue weighted by atomic mass is 10.1. The van der Waals surface area contributed by atoms with Crippen LogP contribution in [0, 0.1) is 0 Å². The molecular formula is C19H22N4O2. The third-order valence-electron chi connectivity index (χ3n) is 4.15.